The van der Waals surface area contributed by atoms with Crippen molar-refractivity contribution in [1.82, 2.24) is 20.1 Å². The number of aromatic nitrogens is 3. The Morgan fingerprint density at radius 3 is 2.76 bits per heavy atom. The molecule has 1 aliphatic rings. The van der Waals surface area contributed by atoms with Crippen molar-refractivity contribution in [3.05, 3.63) is 84.7 Å². The number of benzene rings is 2. The zero-order valence-corrected chi connectivity index (χ0v) is 15.4. The highest BCUT2D eigenvalue weighted by Crippen LogP contribution is 2.35. The number of rotatable bonds is 3. The molecule has 3 heterocycles. The van der Waals surface area contributed by atoms with Gasteiger partial charge in [-0.05, 0) is 53.1 Å². The average Bonchev–Trinajstić information content (AvgIpc) is 3.34. The maximum atomic E-state index is 12.6. The van der Waals surface area contributed by atoms with Crippen LogP contribution in [0, 0.1) is 0 Å². The van der Waals surface area contributed by atoms with E-state index in [1.165, 1.54) is 11.0 Å². The van der Waals surface area contributed by atoms with E-state index in [4.69, 9.17) is 0 Å². The van der Waals surface area contributed by atoms with Gasteiger partial charge in [-0.1, -0.05) is 24.8 Å². The molecule has 0 bridgehead atoms. The number of nitrogens with zero attached hydrogens (tertiary/aromatic N) is 3. The molecule has 0 fully saturated rings. The van der Waals surface area contributed by atoms with E-state index in [0.29, 0.717) is 5.56 Å². The minimum Gasteiger partial charge on any atom is -0.277 e. The molecule has 29 heavy (non-hydrogen) atoms. The third-order valence-electron chi connectivity index (χ3n) is 5.22. The van der Waals surface area contributed by atoms with Gasteiger partial charge in [0.25, 0.3) is 11.8 Å². The first-order valence-corrected chi connectivity index (χ1v) is 9.16. The molecular weight excluding hydrogens is 364 g/mol. The number of imide groups is 1. The Labute approximate surface area is 166 Å². The molecule has 140 valence electrons. The molecule has 5 rings (SSSR count). The monoisotopic (exact) mass is 380 g/mol. The number of hydrogen-bond donors (Lipinski definition) is 1. The van der Waals surface area contributed by atoms with Gasteiger partial charge in [-0.3, -0.25) is 24.6 Å². The largest absolute Gasteiger partial charge is 0.277 e. The molecule has 0 saturated heterocycles. The predicted molar refractivity (Wildman–Crippen MR) is 110 cm³/mol. The van der Waals surface area contributed by atoms with Gasteiger partial charge in [0.2, 0.25) is 0 Å². The van der Waals surface area contributed by atoms with E-state index in [0.717, 1.165) is 38.9 Å². The van der Waals surface area contributed by atoms with E-state index in [1.807, 2.05) is 36.4 Å². The summed E-state index contributed by atoms with van der Waals surface area (Å²) in [6, 6.07) is 15.4. The van der Waals surface area contributed by atoms with Gasteiger partial charge in [-0.15, -0.1) is 0 Å². The van der Waals surface area contributed by atoms with Gasteiger partial charge in [0, 0.05) is 28.9 Å². The number of nitrogens with one attached hydrogen (secondary N) is 1. The van der Waals surface area contributed by atoms with Gasteiger partial charge >= 0.3 is 0 Å². The number of aromatic amines is 1. The standard InChI is InChI=1S/C23H16N4O2/c1-2-21(28)27-13-19-16(6-3-7-17(19)23(27)29)14-8-9-20-18(11-14)22(26-25-20)15-5-4-10-24-12-15/h2-12H,1,13H2,(H,25,26). The van der Waals surface area contributed by atoms with Crippen molar-refractivity contribution in [3.8, 4) is 22.4 Å². The van der Waals surface area contributed by atoms with Crippen molar-refractivity contribution in [2.24, 2.45) is 0 Å². The van der Waals surface area contributed by atoms with Crippen LogP contribution in [0.25, 0.3) is 33.3 Å². The molecule has 6 nitrogen and oxygen atoms in total. The summed E-state index contributed by atoms with van der Waals surface area (Å²) in [6.45, 7) is 3.73. The molecule has 6 heteroatoms. The number of fused-ring (bicyclic) bond motifs is 2. The Morgan fingerprint density at radius 1 is 1.10 bits per heavy atom. The van der Waals surface area contributed by atoms with Crippen LogP contribution in [0.5, 0.6) is 0 Å². The van der Waals surface area contributed by atoms with E-state index in [1.54, 1.807) is 18.5 Å². The lowest BCUT2D eigenvalue weighted by molar-refractivity contribution is -0.123. The lowest BCUT2D eigenvalue weighted by Crippen LogP contribution is -2.29. The summed E-state index contributed by atoms with van der Waals surface area (Å²) >= 11 is 0. The second kappa shape index (κ2) is 6.53. The summed E-state index contributed by atoms with van der Waals surface area (Å²) < 4.78 is 0. The molecule has 2 amide bonds. The first kappa shape index (κ1) is 17.1. The van der Waals surface area contributed by atoms with Crippen LogP contribution in [0.2, 0.25) is 0 Å². The number of carbonyl (C=O) groups excluding carboxylic acids is 2. The minimum absolute atomic E-state index is 0.244. The summed E-state index contributed by atoms with van der Waals surface area (Å²) in [4.78, 5) is 30.1. The zero-order chi connectivity index (χ0) is 20.0. The van der Waals surface area contributed by atoms with Crippen LogP contribution in [-0.2, 0) is 11.3 Å². The lowest BCUT2D eigenvalue weighted by Gasteiger charge is -2.11. The number of H-pyrrole nitrogens is 1. The molecule has 0 radical (unpaired) electrons. The number of pyridine rings is 1. The highest BCUT2D eigenvalue weighted by molar-refractivity contribution is 6.11. The quantitative estimate of drug-likeness (QED) is 0.546. The molecule has 0 unspecified atom stereocenters. The van der Waals surface area contributed by atoms with Gasteiger partial charge < -0.3 is 0 Å². The van der Waals surface area contributed by atoms with Gasteiger partial charge in [-0.25, -0.2) is 0 Å². The van der Waals surface area contributed by atoms with Gasteiger partial charge in [0.05, 0.1) is 12.1 Å². The predicted octanol–water partition coefficient (Wildman–Crippen LogP) is 3.96. The van der Waals surface area contributed by atoms with Gasteiger partial charge in [0.15, 0.2) is 0 Å². The SMILES string of the molecule is C=CC(=O)N1Cc2c(cccc2-c2ccc3[nH]nc(-c4cccnc4)c3c2)C1=O. The fourth-order valence-corrected chi connectivity index (χ4v) is 3.80. The van der Waals surface area contributed by atoms with Crippen molar-refractivity contribution in [3.63, 3.8) is 0 Å². The van der Waals surface area contributed by atoms with Crippen molar-refractivity contribution in [2.45, 2.75) is 6.54 Å². The van der Waals surface area contributed by atoms with Crippen molar-refractivity contribution in [1.29, 1.82) is 0 Å². The van der Waals surface area contributed by atoms with Crippen molar-refractivity contribution in [2.75, 3.05) is 0 Å². The molecule has 0 atom stereocenters. The van der Waals surface area contributed by atoms with Crippen molar-refractivity contribution >= 4 is 22.7 Å². The normalized spacial score (nSPS) is 13.0. The average molecular weight is 380 g/mol. The maximum Gasteiger partial charge on any atom is 0.261 e. The smallest absolute Gasteiger partial charge is 0.261 e. The van der Waals surface area contributed by atoms with Crippen molar-refractivity contribution < 1.29 is 9.59 Å². The molecule has 1 aliphatic heterocycles. The van der Waals surface area contributed by atoms with Crippen LogP contribution < -0.4 is 0 Å². The third kappa shape index (κ3) is 2.65. The summed E-state index contributed by atoms with van der Waals surface area (Å²) in [7, 11) is 0. The Hall–Kier alpha value is -4.06. The van der Waals surface area contributed by atoms with Gasteiger partial charge in [0.1, 0.15) is 5.69 Å². The fraction of sp³-hybridized carbons (Fsp3) is 0.0435. The second-order valence-corrected chi connectivity index (χ2v) is 6.84. The summed E-state index contributed by atoms with van der Waals surface area (Å²) in [6.07, 6.45) is 4.67. The molecule has 0 saturated carbocycles. The van der Waals surface area contributed by atoms with E-state index >= 15 is 0 Å². The Balaban J connectivity index is 1.64. The topological polar surface area (TPSA) is 79.0 Å². The molecule has 0 spiro atoms. The molecular formula is C23H16N4O2. The Morgan fingerprint density at radius 2 is 1.97 bits per heavy atom. The minimum atomic E-state index is -0.388. The fourth-order valence-electron chi connectivity index (χ4n) is 3.80. The van der Waals surface area contributed by atoms with E-state index in [-0.39, 0.29) is 18.4 Å². The second-order valence-electron chi connectivity index (χ2n) is 6.84. The highest BCUT2D eigenvalue weighted by Gasteiger charge is 2.32. The molecule has 1 N–H and O–H groups in total. The maximum absolute atomic E-state index is 12.6. The summed E-state index contributed by atoms with van der Waals surface area (Å²) in [5.74, 6) is -0.673. The van der Waals surface area contributed by atoms with Crippen LogP contribution in [-0.4, -0.2) is 31.9 Å². The van der Waals surface area contributed by atoms with Gasteiger partial charge in [-0.2, -0.15) is 5.10 Å². The first-order valence-electron chi connectivity index (χ1n) is 9.16. The van der Waals surface area contributed by atoms with Crippen LogP contribution >= 0.6 is 0 Å². The molecule has 2 aromatic carbocycles. The number of hydrogen-bond acceptors (Lipinski definition) is 4. The van der Waals surface area contributed by atoms with E-state index in [2.05, 4.69) is 27.8 Å². The molecule has 0 aliphatic carbocycles. The van der Waals surface area contributed by atoms with Crippen LogP contribution in [0.15, 0.2) is 73.6 Å². The first-order chi connectivity index (χ1) is 14.2. The molecule has 2 aromatic heterocycles. The number of amides is 2. The van der Waals surface area contributed by atoms with Crippen LogP contribution in [0.4, 0.5) is 0 Å². The Kier molecular flexibility index (Phi) is 3.84. The number of carbonyl (C=O) groups is 2. The Bertz CT molecular complexity index is 1290. The summed E-state index contributed by atoms with van der Waals surface area (Å²) in [5.41, 5.74) is 5.95. The van der Waals surface area contributed by atoms with E-state index in [9.17, 15) is 9.59 Å². The van der Waals surface area contributed by atoms with Crippen LogP contribution in [0.1, 0.15) is 15.9 Å². The zero-order valence-electron chi connectivity index (χ0n) is 15.4. The van der Waals surface area contributed by atoms with Crippen LogP contribution in [0.3, 0.4) is 0 Å². The molecule has 4 aromatic rings. The highest BCUT2D eigenvalue weighted by atomic mass is 16.2. The van der Waals surface area contributed by atoms with E-state index < -0.39 is 0 Å². The summed E-state index contributed by atoms with van der Waals surface area (Å²) in [5, 5.41) is 8.48. The lowest BCUT2D eigenvalue weighted by atomic mass is 9.95. The third-order valence-corrected chi connectivity index (χ3v) is 5.22.